The molecule has 1 aromatic carbocycles. The Bertz CT molecular complexity index is 367. The number of rotatable bonds is 6. The standard InChI is InChI=1S/C14H18O2/c1-2-3-4-7-12-8-5-9-13(14(12)16)10-6-11-15/h5-6,8-11,16H,2-4,7H2,1H3/b10-6+. The number of aromatic hydroxyl groups is 1. The monoisotopic (exact) mass is 218 g/mol. The van der Waals surface area contributed by atoms with Gasteiger partial charge < -0.3 is 5.11 Å². The summed E-state index contributed by atoms with van der Waals surface area (Å²) in [4.78, 5) is 10.2. The smallest absolute Gasteiger partial charge is 0.142 e. The molecule has 1 aromatic rings. The lowest BCUT2D eigenvalue weighted by atomic mass is 10.0. The molecule has 0 radical (unpaired) electrons. The average molecular weight is 218 g/mol. The van der Waals surface area contributed by atoms with Gasteiger partial charge in [0.1, 0.15) is 12.0 Å². The van der Waals surface area contributed by atoms with E-state index >= 15 is 0 Å². The van der Waals surface area contributed by atoms with E-state index < -0.39 is 0 Å². The topological polar surface area (TPSA) is 37.3 Å². The van der Waals surface area contributed by atoms with Gasteiger partial charge in [0.15, 0.2) is 0 Å². The van der Waals surface area contributed by atoms with Crippen LogP contribution in [-0.4, -0.2) is 11.4 Å². The summed E-state index contributed by atoms with van der Waals surface area (Å²) in [5, 5.41) is 9.95. The Morgan fingerprint density at radius 2 is 2.12 bits per heavy atom. The van der Waals surface area contributed by atoms with Gasteiger partial charge >= 0.3 is 0 Å². The predicted molar refractivity (Wildman–Crippen MR) is 66.4 cm³/mol. The summed E-state index contributed by atoms with van der Waals surface area (Å²) in [7, 11) is 0. The molecule has 0 aliphatic rings. The summed E-state index contributed by atoms with van der Waals surface area (Å²) >= 11 is 0. The van der Waals surface area contributed by atoms with Crippen molar-refractivity contribution in [1.82, 2.24) is 0 Å². The summed E-state index contributed by atoms with van der Waals surface area (Å²) in [5.41, 5.74) is 1.67. The number of hydrogen-bond donors (Lipinski definition) is 1. The maximum Gasteiger partial charge on any atom is 0.142 e. The van der Waals surface area contributed by atoms with Crippen LogP contribution in [0.15, 0.2) is 24.3 Å². The third kappa shape index (κ3) is 3.54. The lowest BCUT2D eigenvalue weighted by molar-refractivity contribution is -0.104. The molecule has 0 aromatic heterocycles. The number of unbranched alkanes of at least 4 members (excludes halogenated alkanes) is 2. The molecule has 86 valence electrons. The Kier molecular flexibility index (Phi) is 5.34. The quantitative estimate of drug-likeness (QED) is 0.451. The van der Waals surface area contributed by atoms with Gasteiger partial charge in [-0.25, -0.2) is 0 Å². The van der Waals surface area contributed by atoms with Crippen molar-refractivity contribution >= 4 is 12.4 Å². The molecule has 16 heavy (non-hydrogen) atoms. The Labute approximate surface area is 96.6 Å². The van der Waals surface area contributed by atoms with Crippen molar-refractivity contribution < 1.29 is 9.90 Å². The molecule has 2 nitrogen and oxygen atoms in total. The molecule has 0 amide bonds. The number of phenols is 1. The molecular formula is C14H18O2. The SMILES string of the molecule is CCCCCc1cccc(/C=C/C=O)c1O. The van der Waals surface area contributed by atoms with Crippen LogP contribution in [0.2, 0.25) is 0 Å². The van der Waals surface area contributed by atoms with Crippen molar-refractivity contribution in [3.05, 3.63) is 35.4 Å². The molecule has 0 saturated carbocycles. The van der Waals surface area contributed by atoms with Crippen molar-refractivity contribution in [2.45, 2.75) is 32.6 Å². The van der Waals surface area contributed by atoms with E-state index in [0.717, 1.165) is 18.4 Å². The molecule has 0 bridgehead atoms. The number of aldehydes is 1. The maximum absolute atomic E-state index is 10.2. The minimum atomic E-state index is 0.303. The molecule has 1 N–H and O–H groups in total. The number of carbonyl (C=O) groups is 1. The Morgan fingerprint density at radius 1 is 1.31 bits per heavy atom. The molecule has 0 aliphatic heterocycles. The Hall–Kier alpha value is -1.57. The summed E-state index contributed by atoms with van der Waals surface area (Å²) in [6, 6.07) is 5.65. The van der Waals surface area contributed by atoms with Gasteiger partial charge in [-0.15, -0.1) is 0 Å². The highest BCUT2D eigenvalue weighted by atomic mass is 16.3. The van der Waals surface area contributed by atoms with Gasteiger partial charge in [0.2, 0.25) is 0 Å². The fraction of sp³-hybridized carbons (Fsp3) is 0.357. The molecular weight excluding hydrogens is 200 g/mol. The van der Waals surface area contributed by atoms with Crippen LogP contribution in [0.5, 0.6) is 5.75 Å². The highest BCUT2D eigenvalue weighted by Crippen LogP contribution is 2.25. The molecule has 0 unspecified atom stereocenters. The van der Waals surface area contributed by atoms with E-state index in [1.807, 2.05) is 12.1 Å². The third-order valence-corrected chi connectivity index (χ3v) is 2.55. The molecule has 0 spiro atoms. The number of para-hydroxylation sites is 1. The third-order valence-electron chi connectivity index (χ3n) is 2.55. The van der Waals surface area contributed by atoms with E-state index in [0.29, 0.717) is 17.6 Å². The number of hydrogen-bond acceptors (Lipinski definition) is 2. The first kappa shape index (κ1) is 12.5. The zero-order valence-corrected chi connectivity index (χ0v) is 9.65. The van der Waals surface area contributed by atoms with Crippen molar-refractivity contribution in [1.29, 1.82) is 0 Å². The van der Waals surface area contributed by atoms with Crippen LogP contribution in [0.3, 0.4) is 0 Å². The van der Waals surface area contributed by atoms with Gasteiger partial charge in [-0.3, -0.25) is 4.79 Å². The van der Waals surface area contributed by atoms with Crippen LogP contribution in [0.1, 0.15) is 37.3 Å². The minimum Gasteiger partial charge on any atom is -0.507 e. The van der Waals surface area contributed by atoms with E-state index in [2.05, 4.69) is 6.92 Å². The number of aryl methyl sites for hydroxylation is 1. The van der Waals surface area contributed by atoms with E-state index in [9.17, 15) is 9.90 Å². The van der Waals surface area contributed by atoms with E-state index in [-0.39, 0.29) is 0 Å². The van der Waals surface area contributed by atoms with Gasteiger partial charge in [-0.05, 0) is 30.6 Å². The predicted octanol–water partition coefficient (Wildman–Crippen LogP) is 3.34. The highest BCUT2D eigenvalue weighted by Gasteiger charge is 2.03. The number of carbonyl (C=O) groups excluding carboxylic acids is 1. The van der Waals surface area contributed by atoms with Crippen molar-refractivity contribution in [2.75, 3.05) is 0 Å². The number of phenolic OH excluding ortho intramolecular Hbond substituents is 1. The van der Waals surface area contributed by atoms with Crippen molar-refractivity contribution in [3.8, 4) is 5.75 Å². The largest absolute Gasteiger partial charge is 0.507 e. The summed E-state index contributed by atoms with van der Waals surface area (Å²) in [6.45, 7) is 2.16. The molecule has 2 heteroatoms. The van der Waals surface area contributed by atoms with Crippen LogP contribution in [-0.2, 0) is 11.2 Å². The van der Waals surface area contributed by atoms with E-state index in [1.165, 1.54) is 18.9 Å². The van der Waals surface area contributed by atoms with Crippen LogP contribution < -0.4 is 0 Å². The van der Waals surface area contributed by atoms with Crippen LogP contribution in [0.4, 0.5) is 0 Å². The van der Waals surface area contributed by atoms with E-state index in [4.69, 9.17) is 0 Å². The summed E-state index contributed by atoms with van der Waals surface area (Å²) in [5.74, 6) is 0.303. The fourth-order valence-corrected chi connectivity index (χ4v) is 1.66. The average Bonchev–Trinajstić information content (AvgIpc) is 2.30. The molecule has 0 fully saturated rings. The molecule has 0 atom stereocenters. The normalized spacial score (nSPS) is 10.8. The summed E-state index contributed by atoms with van der Waals surface area (Å²) < 4.78 is 0. The second kappa shape index (κ2) is 6.83. The zero-order valence-electron chi connectivity index (χ0n) is 9.65. The van der Waals surface area contributed by atoms with Gasteiger partial charge in [0, 0.05) is 5.56 Å². The van der Waals surface area contributed by atoms with Crippen molar-refractivity contribution in [2.24, 2.45) is 0 Å². The first-order valence-electron chi connectivity index (χ1n) is 5.72. The maximum atomic E-state index is 10.2. The van der Waals surface area contributed by atoms with Crippen LogP contribution >= 0.6 is 0 Å². The van der Waals surface area contributed by atoms with Crippen LogP contribution in [0.25, 0.3) is 6.08 Å². The molecule has 1 rings (SSSR count). The zero-order chi connectivity index (χ0) is 11.8. The Balaban J connectivity index is 2.77. The molecule has 0 heterocycles. The highest BCUT2D eigenvalue weighted by molar-refractivity contribution is 5.75. The summed E-state index contributed by atoms with van der Waals surface area (Å²) in [6.07, 6.45) is 8.06. The second-order valence-corrected chi connectivity index (χ2v) is 3.81. The molecule has 0 aliphatic carbocycles. The first-order chi connectivity index (χ1) is 7.79. The lowest BCUT2D eigenvalue weighted by Gasteiger charge is -2.06. The second-order valence-electron chi connectivity index (χ2n) is 3.81. The van der Waals surface area contributed by atoms with Gasteiger partial charge in [0.25, 0.3) is 0 Å². The number of allylic oxidation sites excluding steroid dienone is 1. The van der Waals surface area contributed by atoms with Crippen molar-refractivity contribution in [3.63, 3.8) is 0 Å². The molecule has 0 saturated heterocycles. The Morgan fingerprint density at radius 3 is 2.81 bits per heavy atom. The fourth-order valence-electron chi connectivity index (χ4n) is 1.66. The van der Waals surface area contributed by atoms with E-state index in [1.54, 1.807) is 12.1 Å². The number of benzene rings is 1. The lowest BCUT2D eigenvalue weighted by Crippen LogP contribution is -1.88. The first-order valence-corrected chi connectivity index (χ1v) is 5.72. The minimum absolute atomic E-state index is 0.303. The van der Waals surface area contributed by atoms with Gasteiger partial charge in [-0.1, -0.05) is 38.0 Å². The van der Waals surface area contributed by atoms with Gasteiger partial charge in [-0.2, -0.15) is 0 Å². The van der Waals surface area contributed by atoms with Crippen LogP contribution in [0, 0.1) is 0 Å². The van der Waals surface area contributed by atoms with Gasteiger partial charge in [0.05, 0.1) is 0 Å².